The number of hydrogen-bond acceptors (Lipinski definition) is 4. The van der Waals surface area contributed by atoms with E-state index in [1.807, 2.05) is 6.07 Å². The SMILES string of the molecule is Oc1ccccc1OCc1coc2c(O)cccc12. The maximum Gasteiger partial charge on any atom is 0.175 e. The van der Waals surface area contributed by atoms with E-state index >= 15 is 0 Å². The Labute approximate surface area is 109 Å². The minimum Gasteiger partial charge on any atom is -0.504 e. The van der Waals surface area contributed by atoms with Crippen LogP contribution in [-0.2, 0) is 6.61 Å². The lowest BCUT2D eigenvalue weighted by Crippen LogP contribution is -1.94. The molecule has 4 heteroatoms. The second-order valence-electron chi connectivity index (χ2n) is 4.17. The molecule has 0 saturated carbocycles. The summed E-state index contributed by atoms with van der Waals surface area (Å²) in [7, 11) is 0. The van der Waals surface area contributed by atoms with Gasteiger partial charge in [-0.25, -0.2) is 0 Å². The Bertz CT molecular complexity index is 715. The summed E-state index contributed by atoms with van der Waals surface area (Å²) in [5.41, 5.74) is 1.26. The van der Waals surface area contributed by atoms with Crippen molar-refractivity contribution >= 4 is 11.0 Å². The smallest absolute Gasteiger partial charge is 0.175 e. The lowest BCUT2D eigenvalue weighted by molar-refractivity contribution is 0.289. The number of ether oxygens (including phenoxy) is 1. The van der Waals surface area contributed by atoms with Crippen LogP contribution in [0.25, 0.3) is 11.0 Å². The molecule has 1 aromatic heterocycles. The molecule has 0 unspecified atom stereocenters. The van der Waals surface area contributed by atoms with Gasteiger partial charge < -0.3 is 19.4 Å². The van der Waals surface area contributed by atoms with Gasteiger partial charge in [0.25, 0.3) is 0 Å². The highest BCUT2D eigenvalue weighted by Gasteiger charge is 2.10. The Morgan fingerprint density at radius 2 is 1.74 bits per heavy atom. The first-order valence-corrected chi connectivity index (χ1v) is 5.84. The second-order valence-corrected chi connectivity index (χ2v) is 4.17. The highest BCUT2D eigenvalue weighted by molar-refractivity contribution is 5.85. The average molecular weight is 256 g/mol. The van der Waals surface area contributed by atoms with Gasteiger partial charge in [0.05, 0.1) is 6.26 Å². The molecule has 3 aromatic rings. The highest BCUT2D eigenvalue weighted by Crippen LogP contribution is 2.30. The first-order chi connectivity index (χ1) is 9.25. The van der Waals surface area contributed by atoms with E-state index in [0.717, 1.165) is 10.9 Å². The third kappa shape index (κ3) is 2.08. The molecule has 0 atom stereocenters. The molecular weight excluding hydrogens is 244 g/mol. The van der Waals surface area contributed by atoms with Crippen LogP contribution in [-0.4, -0.2) is 10.2 Å². The molecule has 0 bridgehead atoms. The third-order valence-corrected chi connectivity index (χ3v) is 2.91. The molecule has 19 heavy (non-hydrogen) atoms. The van der Waals surface area contributed by atoms with Gasteiger partial charge in [-0.1, -0.05) is 24.3 Å². The number of para-hydroxylation sites is 3. The molecule has 0 aliphatic heterocycles. The average Bonchev–Trinajstić information content (AvgIpc) is 2.83. The Hall–Kier alpha value is -2.62. The van der Waals surface area contributed by atoms with Crippen molar-refractivity contribution in [2.45, 2.75) is 6.61 Å². The van der Waals surface area contributed by atoms with Gasteiger partial charge in [-0.3, -0.25) is 0 Å². The van der Waals surface area contributed by atoms with Crippen LogP contribution in [0.3, 0.4) is 0 Å². The lowest BCUT2D eigenvalue weighted by atomic mass is 10.2. The Kier molecular flexibility index (Phi) is 2.76. The van der Waals surface area contributed by atoms with Crippen molar-refractivity contribution in [2.75, 3.05) is 0 Å². The van der Waals surface area contributed by atoms with E-state index in [1.54, 1.807) is 42.7 Å². The van der Waals surface area contributed by atoms with Gasteiger partial charge in [0.2, 0.25) is 0 Å². The van der Waals surface area contributed by atoms with Crippen molar-refractivity contribution in [3.05, 3.63) is 54.3 Å². The Morgan fingerprint density at radius 1 is 0.947 bits per heavy atom. The summed E-state index contributed by atoms with van der Waals surface area (Å²) >= 11 is 0. The molecule has 0 aliphatic rings. The predicted molar refractivity (Wildman–Crippen MR) is 70.3 cm³/mol. The van der Waals surface area contributed by atoms with Crippen molar-refractivity contribution in [2.24, 2.45) is 0 Å². The zero-order valence-corrected chi connectivity index (χ0v) is 10.0. The number of hydrogen-bond donors (Lipinski definition) is 2. The fourth-order valence-corrected chi connectivity index (χ4v) is 1.94. The number of furan rings is 1. The largest absolute Gasteiger partial charge is 0.504 e. The summed E-state index contributed by atoms with van der Waals surface area (Å²) in [6.07, 6.45) is 1.55. The summed E-state index contributed by atoms with van der Waals surface area (Å²) in [6.45, 7) is 0.258. The predicted octanol–water partition coefficient (Wildman–Crippen LogP) is 3.42. The standard InChI is InChI=1S/C15H12O4/c16-12-5-1-2-7-14(12)18-8-10-9-19-15-11(10)4-3-6-13(15)17/h1-7,9,16-17H,8H2. The van der Waals surface area contributed by atoms with Crippen molar-refractivity contribution in [1.82, 2.24) is 0 Å². The fourth-order valence-electron chi connectivity index (χ4n) is 1.94. The van der Waals surface area contributed by atoms with Crippen LogP contribution in [0.1, 0.15) is 5.56 Å². The number of benzene rings is 2. The van der Waals surface area contributed by atoms with Gasteiger partial charge in [-0.05, 0) is 18.2 Å². The van der Waals surface area contributed by atoms with Gasteiger partial charge in [-0.15, -0.1) is 0 Å². The molecule has 0 saturated heterocycles. The van der Waals surface area contributed by atoms with Crippen LogP contribution in [0.2, 0.25) is 0 Å². The summed E-state index contributed by atoms with van der Waals surface area (Å²) < 4.78 is 10.8. The van der Waals surface area contributed by atoms with Crippen LogP contribution in [0.5, 0.6) is 17.2 Å². The Morgan fingerprint density at radius 3 is 2.58 bits per heavy atom. The summed E-state index contributed by atoms with van der Waals surface area (Å²) in [4.78, 5) is 0. The molecule has 0 amide bonds. The summed E-state index contributed by atoms with van der Waals surface area (Å²) in [6, 6.07) is 11.9. The van der Waals surface area contributed by atoms with Crippen molar-refractivity contribution < 1.29 is 19.4 Å². The fraction of sp³-hybridized carbons (Fsp3) is 0.0667. The van der Waals surface area contributed by atoms with Crippen LogP contribution in [0, 0.1) is 0 Å². The maximum absolute atomic E-state index is 9.64. The minimum atomic E-state index is 0.0955. The monoisotopic (exact) mass is 256 g/mol. The van der Waals surface area contributed by atoms with E-state index in [-0.39, 0.29) is 18.1 Å². The molecule has 0 aliphatic carbocycles. The van der Waals surface area contributed by atoms with E-state index in [2.05, 4.69) is 0 Å². The maximum atomic E-state index is 9.64. The van der Waals surface area contributed by atoms with E-state index in [9.17, 15) is 10.2 Å². The molecule has 3 rings (SSSR count). The second kappa shape index (κ2) is 4.57. The molecule has 4 nitrogen and oxygen atoms in total. The number of rotatable bonds is 3. The topological polar surface area (TPSA) is 62.8 Å². The number of phenolic OH excluding ortho intramolecular Hbond substituents is 2. The number of fused-ring (bicyclic) bond motifs is 1. The Balaban J connectivity index is 1.87. The van der Waals surface area contributed by atoms with Crippen LogP contribution in [0.4, 0.5) is 0 Å². The van der Waals surface area contributed by atoms with Gasteiger partial charge in [-0.2, -0.15) is 0 Å². The van der Waals surface area contributed by atoms with Crippen LogP contribution < -0.4 is 4.74 Å². The van der Waals surface area contributed by atoms with Crippen molar-refractivity contribution in [3.63, 3.8) is 0 Å². The van der Waals surface area contributed by atoms with Crippen LogP contribution in [0.15, 0.2) is 53.1 Å². The molecule has 0 spiro atoms. The normalized spacial score (nSPS) is 10.7. The van der Waals surface area contributed by atoms with Crippen LogP contribution >= 0.6 is 0 Å². The lowest BCUT2D eigenvalue weighted by Gasteiger charge is -2.06. The van der Waals surface area contributed by atoms with Crippen molar-refractivity contribution in [3.8, 4) is 17.2 Å². The number of aromatic hydroxyl groups is 2. The summed E-state index contributed by atoms with van der Waals surface area (Å²) in [5, 5.41) is 20.0. The molecule has 2 N–H and O–H groups in total. The molecule has 0 radical (unpaired) electrons. The number of phenols is 2. The van der Waals surface area contributed by atoms with E-state index in [4.69, 9.17) is 9.15 Å². The van der Waals surface area contributed by atoms with E-state index in [1.165, 1.54) is 0 Å². The first-order valence-electron chi connectivity index (χ1n) is 5.84. The molecular formula is C15H12O4. The first kappa shape index (κ1) is 11.5. The zero-order valence-electron chi connectivity index (χ0n) is 10.0. The zero-order chi connectivity index (χ0) is 13.2. The third-order valence-electron chi connectivity index (χ3n) is 2.91. The van der Waals surface area contributed by atoms with E-state index in [0.29, 0.717) is 11.3 Å². The van der Waals surface area contributed by atoms with Crippen molar-refractivity contribution in [1.29, 1.82) is 0 Å². The minimum absolute atomic E-state index is 0.0955. The van der Waals surface area contributed by atoms with Gasteiger partial charge in [0.15, 0.2) is 22.8 Å². The molecule has 2 aromatic carbocycles. The quantitative estimate of drug-likeness (QED) is 0.753. The highest BCUT2D eigenvalue weighted by atomic mass is 16.5. The van der Waals surface area contributed by atoms with Gasteiger partial charge in [0.1, 0.15) is 6.61 Å². The molecule has 1 heterocycles. The van der Waals surface area contributed by atoms with E-state index < -0.39 is 0 Å². The van der Waals surface area contributed by atoms with Gasteiger partial charge >= 0.3 is 0 Å². The molecule has 96 valence electrons. The summed E-state index contributed by atoms with van der Waals surface area (Å²) in [5.74, 6) is 0.612. The van der Waals surface area contributed by atoms with Gasteiger partial charge in [0, 0.05) is 10.9 Å². The molecule has 0 fully saturated rings.